The van der Waals surface area contributed by atoms with E-state index in [4.69, 9.17) is 0 Å². The Balaban J connectivity index is 2.94. The molecule has 0 aromatic carbocycles. The molecule has 0 aliphatic heterocycles. The summed E-state index contributed by atoms with van der Waals surface area (Å²) in [5.74, 6) is -0.517. The molecule has 0 bridgehead atoms. The standard InChI is InChI=1S/C10H16F3N5O2S/c1-14-21(19,20)5-4-15-9-16-7(10(11,12)13)6-8(17-9)18(2)3/h6,14H,4-5H2,1-3H3,(H,15,16,17). The summed E-state index contributed by atoms with van der Waals surface area (Å²) in [5, 5.41) is 2.47. The Kier molecular flexibility index (Phi) is 5.34. The first-order valence-corrected chi connectivity index (χ1v) is 7.49. The molecule has 0 unspecified atom stereocenters. The van der Waals surface area contributed by atoms with Crippen LogP contribution in [0.5, 0.6) is 0 Å². The molecule has 21 heavy (non-hydrogen) atoms. The maximum absolute atomic E-state index is 12.7. The van der Waals surface area contributed by atoms with Crippen LogP contribution in [-0.4, -0.2) is 51.8 Å². The molecule has 0 amide bonds. The maximum Gasteiger partial charge on any atom is 0.433 e. The molecule has 11 heteroatoms. The number of nitrogens with one attached hydrogen (secondary N) is 2. The minimum Gasteiger partial charge on any atom is -0.363 e. The normalized spacial score (nSPS) is 12.3. The van der Waals surface area contributed by atoms with Gasteiger partial charge in [0.2, 0.25) is 16.0 Å². The lowest BCUT2D eigenvalue weighted by molar-refractivity contribution is -0.141. The van der Waals surface area contributed by atoms with Crippen LogP contribution in [0.2, 0.25) is 0 Å². The molecule has 2 N–H and O–H groups in total. The van der Waals surface area contributed by atoms with E-state index in [2.05, 4.69) is 20.0 Å². The summed E-state index contributed by atoms with van der Waals surface area (Å²) < 4.78 is 62.7. The summed E-state index contributed by atoms with van der Waals surface area (Å²) >= 11 is 0. The van der Waals surface area contributed by atoms with E-state index in [0.717, 1.165) is 6.07 Å². The summed E-state index contributed by atoms with van der Waals surface area (Å²) in [6.45, 7) is -0.114. The van der Waals surface area contributed by atoms with Crippen LogP contribution in [0, 0.1) is 0 Å². The highest BCUT2D eigenvalue weighted by Crippen LogP contribution is 2.30. The highest BCUT2D eigenvalue weighted by atomic mass is 32.2. The number of alkyl halides is 3. The van der Waals surface area contributed by atoms with Gasteiger partial charge in [0, 0.05) is 26.7 Å². The van der Waals surface area contributed by atoms with E-state index < -0.39 is 21.9 Å². The van der Waals surface area contributed by atoms with Crippen molar-refractivity contribution in [3.05, 3.63) is 11.8 Å². The van der Waals surface area contributed by atoms with E-state index >= 15 is 0 Å². The lowest BCUT2D eigenvalue weighted by atomic mass is 10.3. The summed E-state index contributed by atoms with van der Waals surface area (Å²) in [6, 6.07) is 0.815. The lowest BCUT2D eigenvalue weighted by Crippen LogP contribution is -2.27. The molecule has 0 fully saturated rings. The van der Waals surface area contributed by atoms with Gasteiger partial charge in [-0.3, -0.25) is 0 Å². The van der Waals surface area contributed by atoms with Gasteiger partial charge in [-0.05, 0) is 7.05 Å². The number of sulfonamides is 1. The Bertz CT molecular complexity index is 589. The highest BCUT2D eigenvalue weighted by molar-refractivity contribution is 7.89. The van der Waals surface area contributed by atoms with Crippen molar-refractivity contribution < 1.29 is 21.6 Å². The molecule has 1 rings (SSSR count). The molecule has 0 saturated heterocycles. The molecule has 0 aliphatic carbocycles. The molecule has 0 saturated carbocycles. The second kappa shape index (κ2) is 6.43. The number of anilines is 2. The van der Waals surface area contributed by atoms with Gasteiger partial charge < -0.3 is 10.2 Å². The van der Waals surface area contributed by atoms with Gasteiger partial charge in [0.1, 0.15) is 5.82 Å². The predicted molar refractivity (Wildman–Crippen MR) is 72.7 cm³/mol. The van der Waals surface area contributed by atoms with Crippen LogP contribution in [0.4, 0.5) is 24.9 Å². The SMILES string of the molecule is CNS(=O)(=O)CCNc1nc(N(C)C)cc(C(F)(F)F)n1. The minimum atomic E-state index is -4.61. The smallest absolute Gasteiger partial charge is 0.363 e. The van der Waals surface area contributed by atoms with Gasteiger partial charge in [-0.1, -0.05) is 0 Å². The first-order valence-electron chi connectivity index (χ1n) is 5.84. The Labute approximate surface area is 120 Å². The second-order valence-corrected chi connectivity index (χ2v) is 6.32. The van der Waals surface area contributed by atoms with E-state index in [9.17, 15) is 21.6 Å². The van der Waals surface area contributed by atoms with Gasteiger partial charge in [-0.2, -0.15) is 18.2 Å². The Morgan fingerprint density at radius 1 is 1.29 bits per heavy atom. The van der Waals surface area contributed by atoms with Crippen LogP contribution < -0.4 is 14.9 Å². The summed E-state index contributed by atoms with van der Waals surface area (Å²) in [7, 11) is 0.874. The fourth-order valence-corrected chi connectivity index (χ4v) is 1.86. The van der Waals surface area contributed by atoms with Crippen molar-refractivity contribution in [1.29, 1.82) is 0 Å². The van der Waals surface area contributed by atoms with Crippen LogP contribution in [0.25, 0.3) is 0 Å². The Morgan fingerprint density at radius 2 is 1.90 bits per heavy atom. The van der Waals surface area contributed by atoms with Crippen molar-refractivity contribution >= 4 is 21.8 Å². The first-order chi connectivity index (χ1) is 9.55. The van der Waals surface area contributed by atoms with Gasteiger partial charge >= 0.3 is 6.18 Å². The average molecular weight is 327 g/mol. The fraction of sp³-hybridized carbons (Fsp3) is 0.600. The zero-order chi connectivity index (χ0) is 16.3. The topological polar surface area (TPSA) is 87.2 Å². The third kappa shape index (κ3) is 5.34. The van der Waals surface area contributed by atoms with Crippen molar-refractivity contribution in [2.24, 2.45) is 0 Å². The zero-order valence-corrected chi connectivity index (χ0v) is 12.5. The molecule has 0 spiro atoms. The van der Waals surface area contributed by atoms with E-state index in [1.165, 1.54) is 26.0 Å². The Hall–Kier alpha value is -1.62. The number of hydrogen-bond acceptors (Lipinski definition) is 6. The molecule has 120 valence electrons. The van der Waals surface area contributed by atoms with Crippen molar-refractivity contribution in [2.45, 2.75) is 6.18 Å². The van der Waals surface area contributed by atoms with Gasteiger partial charge in [0.15, 0.2) is 5.69 Å². The lowest BCUT2D eigenvalue weighted by Gasteiger charge is -2.15. The molecule has 7 nitrogen and oxygen atoms in total. The van der Waals surface area contributed by atoms with Gasteiger partial charge in [0.25, 0.3) is 0 Å². The van der Waals surface area contributed by atoms with E-state index in [1.807, 2.05) is 0 Å². The predicted octanol–water partition coefficient (Wildman–Crippen LogP) is 0.522. The van der Waals surface area contributed by atoms with Crippen LogP contribution in [-0.2, 0) is 16.2 Å². The number of rotatable bonds is 6. The fourth-order valence-electron chi connectivity index (χ4n) is 1.29. The third-order valence-electron chi connectivity index (χ3n) is 2.43. The van der Waals surface area contributed by atoms with Crippen LogP contribution >= 0.6 is 0 Å². The molecule has 1 aromatic heterocycles. The summed E-state index contributed by atoms with van der Waals surface area (Å²) in [4.78, 5) is 8.62. The van der Waals surface area contributed by atoms with E-state index in [1.54, 1.807) is 0 Å². The average Bonchev–Trinajstić information content (AvgIpc) is 2.37. The van der Waals surface area contributed by atoms with Crippen molar-refractivity contribution in [2.75, 3.05) is 43.7 Å². The molecule has 1 heterocycles. The molecular weight excluding hydrogens is 311 g/mol. The van der Waals surface area contributed by atoms with Crippen LogP contribution in [0.1, 0.15) is 5.69 Å². The van der Waals surface area contributed by atoms with Crippen LogP contribution in [0.15, 0.2) is 6.07 Å². The number of aromatic nitrogens is 2. The maximum atomic E-state index is 12.7. The number of nitrogens with zero attached hydrogens (tertiary/aromatic N) is 3. The first kappa shape index (κ1) is 17.4. The Morgan fingerprint density at radius 3 is 2.38 bits per heavy atom. The van der Waals surface area contributed by atoms with Gasteiger partial charge in [-0.15, -0.1) is 0 Å². The van der Waals surface area contributed by atoms with Crippen LogP contribution in [0.3, 0.4) is 0 Å². The second-order valence-electron chi connectivity index (χ2n) is 4.28. The van der Waals surface area contributed by atoms with Crippen molar-refractivity contribution in [3.8, 4) is 0 Å². The molecule has 0 radical (unpaired) electrons. The third-order valence-corrected chi connectivity index (χ3v) is 3.79. The summed E-state index contributed by atoms with van der Waals surface area (Å²) in [5.41, 5.74) is -1.10. The molecule has 0 aliphatic rings. The zero-order valence-electron chi connectivity index (χ0n) is 11.7. The van der Waals surface area contributed by atoms with E-state index in [0.29, 0.717) is 0 Å². The van der Waals surface area contributed by atoms with Gasteiger partial charge in [-0.25, -0.2) is 18.1 Å². The largest absolute Gasteiger partial charge is 0.433 e. The number of hydrogen-bond donors (Lipinski definition) is 2. The summed E-state index contributed by atoms with van der Waals surface area (Å²) in [6.07, 6.45) is -4.61. The molecule has 1 aromatic rings. The number of halogens is 3. The molecular formula is C10H16F3N5O2S. The molecule has 0 atom stereocenters. The minimum absolute atomic E-state index is 0.0660. The van der Waals surface area contributed by atoms with Gasteiger partial charge in [0.05, 0.1) is 5.75 Å². The van der Waals surface area contributed by atoms with Crippen molar-refractivity contribution in [3.63, 3.8) is 0 Å². The quantitative estimate of drug-likeness (QED) is 0.792. The monoisotopic (exact) mass is 327 g/mol. The highest BCUT2D eigenvalue weighted by Gasteiger charge is 2.34. The van der Waals surface area contributed by atoms with E-state index in [-0.39, 0.29) is 24.1 Å². The van der Waals surface area contributed by atoms with Crippen molar-refractivity contribution in [1.82, 2.24) is 14.7 Å².